The van der Waals surface area contributed by atoms with Crippen molar-refractivity contribution in [1.82, 2.24) is 15.0 Å². The third-order valence-electron chi connectivity index (χ3n) is 6.77. The van der Waals surface area contributed by atoms with E-state index in [1.165, 1.54) is 24.4 Å². The first kappa shape index (κ1) is 23.8. The average molecular weight is 493 g/mol. The van der Waals surface area contributed by atoms with Crippen LogP contribution in [0.2, 0.25) is 0 Å². The number of hydrogen-bond donors (Lipinski definition) is 2. The second kappa shape index (κ2) is 8.96. The van der Waals surface area contributed by atoms with Crippen LogP contribution in [-0.4, -0.2) is 43.7 Å². The van der Waals surface area contributed by atoms with Crippen LogP contribution in [0.25, 0.3) is 32.9 Å². The van der Waals surface area contributed by atoms with Gasteiger partial charge in [-0.3, -0.25) is 4.98 Å². The molecule has 1 atom stereocenters. The third-order valence-corrected chi connectivity index (χ3v) is 6.77. The molecule has 3 heterocycles. The van der Waals surface area contributed by atoms with Gasteiger partial charge in [-0.15, -0.1) is 0 Å². The van der Waals surface area contributed by atoms with E-state index in [-0.39, 0.29) is 28.4 Å². The van der Waals surface area contributed by atoms with Crippen molar-refractivity contribution in [3.63, 3.8) is 0 Å². The summed E-state index contributed by atoms with van der Waals surface area (Å²) in [6, 6.07) is 4.99. The lowest BCUT2D eigenvalue weighted by atomic mass is 9.94. The van der Waals surface area contributed by atoms with Gasteiger partial charge in [0.15, 0.2) is 5.82 Å². The van der Waals surface area contributed by atoms with Crippen molar-refractivity contribution < 1.29 is 23.8 Å². The highest BCUT2D eigenvalue weighted by Crippen LogP contribution is 2.39. The van der Waals surface area contributed by atoms with Gasteiger partial charge >= 0.3 is 5.97 Å². The molecule has 4 aromatic rings. The first-order chi connectivity index (χ1) is 17.2. The van der Waals surface area contributed by atoms with Crippen LogP contribution >= 0.6 is 0 Å². The monoisotopic (exact) mass is 492 g/mol. The second-order valence-electron chi connectivity index (χ2n) is 9.40. The van der Waals surface area contributed by atoms with E-state index in [9.17, 15) is 19.4 Å². The van der Waals surface area contributed by atoms with Crippen LogP contribution in [0, 0.1) is 11.6 Å². The van der Waals surface area contributed by atoms with Gasteiger partial charge in [0.1, 0.15) is 40.5 Å². The molecule has 0 amide bonds. The van der Waals surface area contributed by atoms with Crippen LogP contribution in [0.4, 0.5) is 14.6 Å². The summed E-state index contributed by atoms with van der Waals surface area (Å²) in [6.45, 7) is 6.04. The van der Waals surface area contributed by atoms with Gasteiger partial charge in [-0.05, 0) is 53.8 Å². The number of halogens is 2. The molecule has 0 unspecified atom stereocenters. The van der Waals surface area contributed by atoms with E-state index in [0.29, 0.717) is 59.2 Å². The lowest BCUT2D eigenvalue weighted by Gasteiger charge is -2.25. The van der Waals surface area contributed by atoms with Crippen LogP contribution in [-0.2, 0) is 11.2 Å². The predicted octanol–water partition coefficient (Wildman–Crippen LogP) is 5.57. The summed E-state index contributed by atoms with van der Waals surface area (Å²) in [7, 11) is 0. The van der Waals surface area contributed by atoms with Crippen molar-refractivity contribution in [3.8, 4) is 17.0 Å². The zero-order valence-corrected chi connectivity index (χ0v) is 20.2. The van der Waals surface area contributed by atoms with E-state index in [4.69, 9.17) is 0 Å². The van der Waals surface area contributed by atoms with Gasteiger partial charge in [-0.2, -0.15) is 0 Å². The van der Waals surface area contributed by atoms with Crippen LogP contribution < -0.4 is 4.90 Å². The Balaban J connectivity index is 1.81. The molecule has 0 spiro atoms. The van der Waals surface area contributed by atoms with Gasteiger partial charge in [0.25, 0.3) is 0 Å². The number of aryl methyl sites for hydroxylation is 1. The quantitative estimate of drug-likeness (QED) is 0.376. The molecule has 2 N–H and O–H groups in total. The van der Waals surface area contributed by atoms with Crippen LogP contribution in [0.1, 0.15) is 50.9 Å². The number of carboxylic acids is 1. The number of pyridine rings is 1. The standard InChI is InChI=1S/C27H26F2N4O3/c1-4-16-19(28)8-7-14-10-15(34)11-17(21(14)16)23-22(29)24-18(12-30-23)26(32-25(31-24)13(2)3)33-9-5-6-20(33)27(35)36/h7-8,10-13,20,34H,4-6,9H2,1-3H3,(H,35,36)/t20-/m0/s1. The van der Waals surface area contributed by atoms with E-state index in [1.807, 2.05) is 20.8 Å². The highest BCUT2D eigenvalue weighted by molar-refractivity contribution is 6.02. The van der Waals surface area contributed by atoms with Crippen molar-refractivity contribution >= 4 is 33.5 Å². The van der Waals surface area contributed by atoms with Gasteiger partial charge in [-0.25, -0.2) is 23.5 Å². The average Bonchev–Trinajstić information content (AvgIpc) is 3.34. The molecule has 186 valence electrons. The maximum Gasteiger partial charge on any atom is 0.326 e. The fraction of sp³-hybridized carbons (Fsp3) is 0.333. The largest absolute Gasteiger partial charge is 0.508 e. The molecule has 0 aliphatic carbocycles. The molecule has 7 nitrogen and oxygen atoms in total. The van der Waals surface area contributed by atoms with E-state index in [1.54, 1.807) is 11.0 Å². The van der Waals surface area contributed by atoms with Gasteiger partial charge < -0.3 is 15.1 Å². The zero-order chi connectivity index (χ0) is 25.7. The number of phenolic OH excluding ortho intramolecular Hbond substituents is 1. The molecule has 9 heteroatoms. The molecule has 0 bridgehead atoms. The van der Waals surface area contributed by atoms with Gasteiger partial charge in [0.2, 0.25) is 0 Å². The maximum atomic E-state index is 16.3. The minimum atomic E-state index is -0.962. The van der Waals surface area contributed by atoms with Gasteiger partial charge in [-0.1, -0.05) is 26.8 Å². The molecule has 2 aromatic heterocycles. The summed E-state index contributed by atoms with van der Waals surface area (Å²) >= 11 is 0. The number of benzene rings is 2. The zero-order valence-electron chi connectivity index (χ0n) is 20.2. The van der Waals surface area contributed by atoms with E-state index in [0.717, 1.165) is 0 Å². The van der Waals surface area contributed by atoms with Gasteiger partial charge in [0, 0.05) is 24.2 Å². The van der Waals surface area contributed by atoms with Crippen LogP contribution in [0.5, 0.6) is 5.75 Å². The molecule has 2 aromatic carbocycles. The Labute approximate surface area is 206 Å². The fourth-order valence-electron chi connectivity index (χ4n) is 5.03. The summed E-state index contributed by atoms with van der Waals surface area (Å²) in [6.07, 6.45) is 2.94. The maximum absolute atomic E-state index is 16.3. The molecule has 0 radical (unpaired) electrons. The van der Waals surface area contributed by atoms with E-state index >= 15 is 4.39 Å². The molecule has 1 aliphatic heterocycles. The normalized spacial score (nSPS) is 15.9. The number of fused-ring (bicyclic) bond motifs is 2. The number of nitrogens with zero attached hydrogens (tertiary/aromatic N) is 4. The Kier molecular flexibility index (Phi) is 5.94. The number of hydrogen-bond acceptors (Lipinski definition) is 6. The number of aromatic nitrogens is 3. The van der Waals surface area contributed by atoms with Gasteiger partial charge in [0.05, 0.1) is 5.39 Å². The summed E-state index contributed by atoms with van der Waals surface area (Å²) < 4.78 is 30.9. The Morgan fingerprint density at radius 1 is 1.22 bits per heavy atom. The number of carboxylic acid groups (broad SMARTS) is 1. The molecule has 1 saturated heterocycles. The molecule has 0 saturated carbocycles. The van der Waals surface area contributed by atoms with Crippen molar-refractivity contribution in [2.24, 2.45) is 0 Å². The first-order valence-electron chi connectivity index (χ1n) is 12.0. The highest BCUT2D eigenvalue weighted by atomic mass is 19.1. The second-order valence-corrected chi connectivity index (χ2v) is 9.40. The number of rotatable bonds is 5. The third kappa shape index (κ3) is 3.79. The minimum Gasteiger partial charge on any atom is -0.508 e. The number of carbonyl (C=O) groups is 1. The topological polar surface area (TPSA) is 99.4 Å². The fourth-order valence-corrected chi connectivity index (χ4v) is 5.03. The molecule has 1 aliphatic rings. The summed E-state index contributed by atoms with van der Waals surface area (Å²) in [5.41, 5.74) is 0.600. The van der Waals surface area contributed by atoms with Crippen molar-refractivity contribution in [1.29, 1.82) is 0 Å². The molecule has 1 fully saturated rings. The lowest BCUT2D eigenvalue weighted by molar-refractivity contribution is -0.138. The number of aromatic hydroxyl groups is 1. The van der Waals surface area contributed by atoms with Crippen molar-refractivity contribution in [3.05, 3.63) is 53.5 Å². The molecular weight excluding hydrogens is 466 g/mol. The summed E-state index contributed by atoms with van der Waals surface area (Å²) in [4.78, 5) is 27.0. The minimum absolute atomic E-state index is 0.00989. The summed E-state index contributed by atoms with van der Waals surface area (Å²) in [5.74, 6) is -1.63. The van der Waals surface area contributed by atoms with Crippen molar-refractivity contribution in [2.75, 3.05) is 11.4 Å². The van der Waals surface area contributed by atoms with Crippen molar-refractivity contribution in [2.45, 2.75) is 52.0 Å². The Morgan fingerprint density at radius 2 is 2.00 bits per heavy atom. The molecular formula is C27H26F2N4O3. The number of phenols is 1. The SMILES string of the molecule is CCc1c(F)ccc2cc(O)cc(-c3ncc4c(N5CCC[C@H]5C(=O)O)nc(C(C)C)nc4c3F)c12. The predicted molar refractivity (Wildman–Crippen MR) is 133 cm³/mol. The molecule has 5 rings (SSSR count). The number of anilines is 1. The first-order valence-corrected chi connectivity index (χ1v) is 12.0. The van der Waals surface area contributed by atoms with Crippen LogP contribution in [0.15, 0.2) is 30.5 Å². The number of aliphatic carboxylic acids is 1. The highest BCUT2D eigenvalue weighted by Gasteiger charge is 2.34. The Bertz CT molecular complexity index is 1520. The molecule has 36 heavy (non-hydrogen) atoms. The van der Waals surface area contributed by atoms with Crippen LogP contribution in [0.3, 0.4) is 0 Å². The Morgan fingerprint density at radius 3 is 2.69 bits per heavy atom. The Hall–Kier alpha value is -3.88. The lowest BCUT2D eigenvalue weighted by Crippen LogP contribution is -2.36. The summed E-state index contributed by atoms with van der Waals surface area (Å²) in [5, 5.41) is 21.4. The van der Waals surface area contributed by atoms with E-state index in [2.05, 4.69) is 15.0 Å². The van der Waals surface area contributed by atoms with E-state index < -0.39 is 23.6 Å². The smallest absolute Gasteiger partial charge is 0.326 e.